The van der Waals surface area contributed by atoms with Gasteiger partial charge in [0.1, 0.15) is 5.75 Å². The summed E-state index contributed by atoms with van der Waals surface area (Å²) in [7, 11) is 3.40. The summed E-state index contributed by atoms with van der Waals surface area (Å²) in [6.45, 7) is 7.13. The van der Waals surface area contributed by atoms with Gasteiger partial charge in [-0.3, -0.25) is 19.7 Å². The van der Waals surface area contributed by atoms with Crippen LogP contribution in [-0.4, -0.2) is 91.4 Å². The number of hydrogen-bond donors (Lipinski definition) is 2. The van der Waals surface area contributed by atoms with Crippen molar-refractivity contribution in [3.05, 3.63) is 64.7 Å². The largest absolute Gasteiger partial charge is 0.497 e. The molecular weight excluding hydrogens is 486 g/mol. The Morgan fingerprint density at radius 2 is 1.76 bits per heavy atom. The Kier molecular flexibility index (Phi) is 8.28. The molecule has 2 N–H and O–H groups in total. The number of hydrogen-bond acceptors (Lipinski definition) is 6. The maximum atomic E-state index is 12.5. The van der Waals surface area contributed by atoms with Gasteiger partial charge in [0.15, 0.2) is 6.04 Å². The van der Waals surface area contributed by atoms with E-state index in [0.29, 0.717) is 17.7 Å². The number of nitrogens with zero attached hydrogens (tertiary/aromatic N) is 3. The van der Waals surface area contributed by atoms with E-state index < -0.39 is 18.0 Å². The fraction of sp³-hybridized carbons (Fsp3) is 0.357. The number of piperazine rings is 1. The Morgan fingerprint density at radius 1 is 1.05 bits per heavy atom. The number of ether oxygens (including phenoxy) is 1. The summed E-state index contributed by atoms with van der Waals surface area (Å²) in [6, 6.07) is 11.2. The van der Waals surface area contributed by atoms with E-state index in [9.17, 15) is 19.2 Å². The number of urea groups is 1. The number of carbonyl (C=O) groups is 4. The maximum Gasteiger partial charge on any atom is 0.322 e. The lowest BCUT2D eigenvalue weighted by atomic mass is 10.1. The lowest BCUT2D eigenvalue weighted by Gasteiger charge is -2.34. The molecule has 5 rings (SSSR count). The van der Waals surface area contributed by atoms with Gasteiger partial charge in [0.2, 0.25) is 0 Å². The van der Waals surface area contributed by atoms with Crippen LogP contribution in [0, 0.1) is 11.8 Å². The molecule has 3 aliphatic heterocycles. The molecule has 10 heteroatoms. The Balaban J connectivity index is 0.000000216. The molecule has 0 aromatic heterocycles. The van der Waals surface area contributed by atoms with E-state index in [1.54, 1.807) is 49.4 Å². The highest BCUT2D eigenvalue weighted by molar-refractivity contribution is 6.06. The number of rotatable bonds is 3. The molecule has 0 aliphatic carbocycles. The minimum absolute atomic E-state index is 0.0256. The van der Waals surface area contributed by atoms with E-state index in [4.69, 9.17) is 4.74 Å². The van der Waals surface area contributed by atoms with Gasteiger partial charge in [-0.25, -0.2) is 4.79 Å². The molecule has 2 aromatic carbocycles. The summed E-state index contributed by atoms with van der Waals surface area (Å²) in [5, 5.41) is 4.54. The van der Waals surface area contributed by atoms with Crippen LogP contribution in [0.4, 0.5) is 4.79 Å². The van der Waals surface area contributed by atoms with Crippen LogP contribution in [0.5, 0.6) is 5.75 Å². The molecule has 2 aromatic rings. The first-order valence-corrected chi connectivity index (χ1v) is 12.5. The highest BCUT2D eigenvalue weighted by Gasteiger charge is 2.27. The molecule has 38 heavy (non-hydrogen) atoms. The first kappa shape index (κ1) is 26.7. The molecule has 3 aliphatic rings. The summed E-state index contributed by atoms with van der Waals surface area (Å²) in [5.74, 6) is 5.94. The molecule has 10 nitrogen and oxygen atoms in total. The van der Waals surface area contributed by atoms with Crippen molar-refractivity contribution in [3.63, 3.8) is 0 Å². The Labute approximate surface area is 221 Å². The average Bonchev–Trinajstić information content (AvgIpc) is 3.42. The van der Waals surface area contributed by atoms with Gasteiger partial charge >= 0.3 is 6.03 Å². The molecule has 3 heterocycles. The second kappa shape index (κ2) is 11.8. The molecule has 0 radical (unpaired) electrons. The monoisotopic (exact) mass is 517 g/mol. The normalized spacial score (nSPS) is 18.5. The summed E-state index contributed by atoms with van der Waals surface area (Å²) < 4.78 is 5.05. The van der Waals surface area contributed by atoms with Crippen LogP contribution in [0.15, 0.2) is 42.5 Å². The van der Waals surface area contributed by atoms with Gasteiger partial charge in [0.25, 0.3) is 17.7 Å². The molecule has 0 bridgehead atoms. The van der Waals surface area contributed by atoms with Crippen molar-refractivity contribution in [1.29, 1.82) is 0 Å². The third-order valence-electron chi connectivity index (χ3n) is 6.68. The summed E-state index contributed by atoms with van der Waals surface area (Å²) >= 11 is 0. The second-order valence-electron chi connectivity index (χ2n) is 9.15. The zero-order valence-corrected chi connectivity index (χ0v) is 21.7. The molecule has 198 valence electrons. The highest BCUT2D eigenvalue weighted by Crippen LogP contribution is 2.25. The molecular formula is C28H31N5O5. The van der Waals surface area contributed by atoms with Crippen LogP contribution in [0.3, 0.4) is 0 Å². The number of likely N-dealkylation sites (N-methyl/N-ethyl adjacent to an activating group) is 1. The lowest BCUT2D eigenvalue weighted by Crippen LogP contribution is -2.48. The van der Waals surface area contributed by atoms with Crippen LogP contribution >= 0.6 is 0 Å². The Morgan fingerprint density at radius 3 is 2.37 bits per heavy atom. The average molecular weight is 518 g/mol. The Hall–Kier alpha value is -4.36. The van der Waals surface area contributed by atoms with Crippen molar-refractivity contribution < 1.29 is 23.9 Å². The molecule has 1 unspecified atom stereocenters. The predicted octanol–water partition coefficient (Wildman–Crippen LogP) is 1.30. The Bertz CT molecular complexity index is 1290. The van der Waals surface area contributed by atoms with Crippen LogP contribution in [0.2, 0.25) is 0 Å². The van der Waals surface area contributed by atoms with Gasteiger partial charge in [-0.1, -0.05) is 24.8 Å². The van der Waals surface area contributed by atoms with E-state index >= 15 is 0 Å². The van der Waals surface area contributed by atoms with Crippen molar-refractivity contribution in [3.8, 4) is 17.6 Å². The fourth-order valence-electron chi connectivity index (χ4n) is 4.37. The minimum Gasteiger partial charge on any atom is -0.497 e. The molecule has 5 amide bonds. The summed E-state index contributed by atoms with van der Waals surface area (Å²) in [6.07, 6.45) is 0. The van der Waals surface area contributed by atoms with Crippen LogP contribution in [0.1, 0.15) is 38.8 Å². The first-order chi connectivity index (χ1) is 18.3. The third-order valence-corrected chi connectivity index (χ3v) is 6.68. The quantitative estimate of drug-likeness (QED) is 0.469. The van der Waals surface area contributed by atoms with Crippen molar-refractivity contribution >= 4 is 23.8 Å². The summed E-state index contributed by atoms with van der Waals surface area (Å²) in [4.78, 5) is 52.4. The van der Waals surface area contributed by atoms with Gasteiger partial charge < -0.3 is 24.8 Å². The van der Waals surface area contributed by atoms with E-state index in [-0.39, 0.29) is 11.8 Å². The van der Waals surface area contributed by atoms with Crippen LogP contribution in [0.25, 0.3) is 0 Å². The van der Waals surface area contributed by atoms with Gasteiger partial charge in [-0.05, 0) is 48.5 Å². The minimum atomic E-state index is -0.830. The predicted molar refractivity (Wildman–Crippen MR) is 141 cm³/mol. The number of nitrogens with one attached hydrogen (secondary N) is 2. The van der Waals surface area contributed by atoms with Crippen molar-refractivity contribution in [1.82, 2.24) is 25.3 Å². The third kappa shape index (κ3) is 6.12. The zero-order chi connectivity index (χ0) is 27.2. The second-order valence-corrected chi connectivity index (χ2v) is 9.15. The number of amides is 5. The smallest absolute Gasteiger partial charge is 0.322 e. The van der Waals surface area contributed by atoms with E-state index in [0.717, 1.165) is 49.6 Å². The van der Waals surface area contributed by atoms with E-state index in [2.05, 4.69) is 34.3 Å². The SMILES string of the molecule is CCN1CCN(C(=O)c2ccc(C#CC3NC(=O)NC3=O)cc2)CC1.COc1ccc2c(c1)C(=O)N(C)C2. The maximum absolute atomic E-state index is 12.5. The lowest BCUT2D eigenvalue weighted by molar-refractivity contribution is -0.119. The fourth-order valence-corrected chi connectivity index (χ4v) is 4.37. The van der Waals surface area contributed by atoms with Crippen molar-refractivity contribution in [2.75, 3.05) is 46.9 Å². The standard InChI is InChI=1S/C18H20N4O3.C10H11NO2/c1-2-21-9-11-22(12-10-21)17(24)14-6-3-13(4-7-14)5-8-15-16(23)20-18(25)19-15;1-11-6-7-3-4-8(13-2)5-9(7)10(11)12/h3-4,6-7,15H,2,9-12H2,1H3,(H2,19,20,23,25);3-5H,6H2,1-2H3. The van der Waals surface area contributed by atoms with Crippen LogP contribution < -0.4 is 15.4 Å². The number of fused-ring (bicyclic) bond motifs is 1. The van der Waals surface area contributed by atoms with Gasteiger partial charge in [-0.2, -0.15) is 0 Å². The summed E-state index contributed by atoms with van der Waals surface area (Å²) in [5.41, 5.74) is 3.15. The molecule has 0 spiro atoms. The number of methoxy groups -OCH3 is 1. The number of benzene rings is 2. The zero-order valence-electron chi connectivity index (χ0n) is 21.7. The van der Waals surface area contributed by atoms with Gasteiger partial charge in [0, 0.05) is 56.5 Å². The molecule has 0 saturated carbocycles. The van der Waals surface area contributed by atoms with E-state index in [1.165, 1.54) is 0 Å². The highest BCUT2D eigenvalue weighted by atomic mass is 16.5. The van der Waals surface area contributed by atoms with Gasteiger partial charge in [0.05, 0.1) is 7.11 Å². The molecule has 2 saturated heterocycles. The van der Waals surface area contributed by atoms with Gasteiger partial charge in [-0.15, -0.1) is 0 Å². The number of carbonyl (C=O) groups excluding carboxylic acids is 4. The number of imide groups is 1. The van der Waals surface area contributed by atoms with Crippen molar-refractivity contribution in [2.45, 2.75) is 19.5 Å². The molecule has 2 fully saturated rings. The topological polar surface area (TPSA) is 111 Å². The molecule has 1 atom stereocenters. The van der Waals surface area contributed by atoms with Crippen LogP contribution in [-0.2, 0) is 11.3 Å². The van der Waals surface area contributed by atoms with Crippen molar-refractivity contribution in [2.24, 2.45) is 0 Å². The first-order valence-electron chi connectivity index (χ1n) is 12.5. The van der Waals surface area contributed by atoms with E-state index in [1.807, 2.05) is 17.0 Å².